The third-order valence-electron chi connectivity index (χ3n) is 4.42. The molecule has 1 saturated heterocycles. The summed E-state index contributed by atoms with van der Waals surface area (Å²) in [6.45, 7) is 2.54. The molecule has 0 aliphatic carbocycles. The van der Waals surface area contributed by atoms with E-state index < -0.39 is 0 Å². The highest BCUT2D eigenvalue weighted by atomic mass is 127. The predicted octanol–water partition coefficient (Wildman–Crippen LogP) is 2.03. The summed E-state index contributed by atoms with van der Waals surface area (Å²) >= 11 is 0. The molecule has 1 fully saturated rings. The highest BCUT2D eigenvalue weighted by Crippen LogP contribution is 2.19. The summed E-state index contributed by atoms with van der Waals surface area (Å²) in [5.74, 6) is 1.00. The molecule has 1 aromatic carbocycles. The van der Waals surface area contributed by atoms with E-state index in [0.717, 1.165) is 38.4 Å². The molecule has 0 radical (unpaired) electrons. The maximum Gasteiger partial charge on any atom is 0.217 e. The van der Waals surface area contributed by atoms with Gasteiger partial charge in [-0.3, -0.25) is 9.79 Å². The molecule has 0 saturated carbocycles. The zero-order valence-electron chi connectivity index (χ0n) is 15.4. The number of carbonyl (C=O) groups is 1. The quantitative estimate of drug-likeness (QED) is 0.402. The standard InChI is InChI=1S/C18H29N5O.HI/c1-20-18(23-10-4-5-15(13-23)11-17(19)24)21-12-14-6-8-16(9-7-14)22(2)3;/h6-9,15H,4-5,10-13H2,1-3H3,(H2,19,24)(H,20,21);1H. The average molecular weight is 459 g/mol. The summed E-state index contributed by atoms with van der Waals surface area (Å²) in [6, 6.07) is 8.48. The van der Waals surface area contributed by atoms with Crippen molar-refractivity contribution < 1.29 is 4.79 Å². The molecule has 7 heteroatoms. The van der Waals surface area contributed by atoms with Gasteiger partial charge in [0.2, 0.25) is 5.91 Å². The number of halogens is 1. The van der Waals surface area contributed by atoms with Gasteiger partial charge in [0.1, 0.15) is 0 Å². The Balaban J connectivity index is 0.00000312. The number of nitrogens with one attached hydrogen (secondary N) is 1. The lowest BCUT2D eigenvalue weighted by atomic mass is 9.95. The van der Waals surface area contributed by atoms with Crippen molar-refractivity contribution in [3.8, 4) is 0 Å². The molecular formula is C18H30IN5O. The summed E-state index contributed by atoms with van der Waals surface area (Å²) in [4.78, 5) is 19.9. The van der Waals surface area contributed by atoms with Crippen LogP contribution in [0, 0.1) is 5.92 Å². The van der Waals surface area contributed by atoms with Gasteiger partial charge in [-0.1, -0.05) is 12.1 Å². The minimum atomic E-state index is -0.217. The third kappa shape index (κ3) is 6.72. The van der Waals surface area contributed by atoms with Crippen molar-refractivity contribution in [1.29, 1.82) is 0 Å². The van der Waals surface area contributed by atoms with Crippen molar-refractivity contribution in [1.82, 2.24) is 10.2 Å². The van der Waals surface area contributed by atoms with Crippen LogP contribution in [0.15, 0.2) is 29.3 Å². The van der Waals surface area contributed by atoms with Crippen LogP contribution in [0.2, 0.25) is 0 Å². The minimum Gasteiger partial charge on any atom is -0.378 e. The topological polar surface area (TPSA) is 74.0 Å². The zero-order valence-corrected chi connectivity index (χ0v) is 17.7. The number of nitrogens with two attached hydrogens (primary N) is 1. The number of piperidine rings is 1. The first-order valence-corrected chi connectivity index (χ1v) is 8.49. The van der Waals surface area contributed by atoms with E-state index >= 15 is 0 Å². The maximum atomic E-state index is 11.2. The Kier molecular flexibility index (Phi) is 9.02. The van der Waals surface area contributed by atoms with E-state index in [4.69, 9.17) is 5.73 Å². The number of guanidine groups is 1. The maximum absolute atomic E-state index is 11.2. The van der Waals surface area contributed by atoms with Gasteiger partial charge in [0.25, 0.3) is 0 Å². The first-order valence-electron chi connectivity index (χ1n) is 8.49. The molecule has 0 bridgehead atoms. The summed E-state index contributed by atoms with van der Waals surface area (Å²) in [6.07, 6.45) is 2.58. The molecule has 1 aliphatic rings. The second-order valence-electron chi connectivity index (χ2n) is 6.59. The van der Waals surface area contributed by atoms with Gasteiger partial charge >= 0.3 is 0 Å². The van der Waals surface area contributed by atoms with Gasteiger partial charge in [-0.15, -0.1) is 24.0 Å². The lowest BCUT2D eigenvalue weighted by Gasteiger charge is -2.34. The second-order valence-corrected chi connectivity index (χ2v) is 6.59. The Bertz CT molecular complexity index is 573. The smallest absolute Gasteiger partial charge is 0.217 e. The number of hydrogen-bond donors (Lipinski definition) is 2. The summed E-state index contributed by atoms with van der Waals surface area (Å²) < 4.78 is 0. The van der Waals surface area contributed by atoms with Crippen LogP contribution >= 0.6 is 24.0 Å². The number of anilines is 1. The van der Waals surface area contributed by atoms with Gasteiger partial charge in [0, 0.05) is 52.9 Å². The molecule has 3 N–H and O–H groups in total. The summed E-state index contributed by atoms with van der Waals surface area (Å²) in [5.41, 5.74) is 7.74. The van der Waals surface area contributed by atoms with Crippen LogP contribution < -0.4 is 16.0 Å². The summed E-state index contributed by atoms with van der Waals surface area (Å²) in [5, 5.41) is 3.42. The Morgan fingerprint density at radius 1 is 1.36 bits per heavy atom. The Morgan fingerprint density at radius 2 is 2.04 bits per heavy atom. The van der Waals surface area contributed by atoms with Crippen LogP contribution in [-0.2, 0) is 11.3 Å². The van der Waals surface area contributed by atoms with Crippen LogP contribution in [0.4, 0.5) is 5.69 Å². The molecule has 0 aromatic heterocycles. The number of likely N-dealkylation sites (tertiary alicyclic amines) is 1. The van der Waals surface area contributed by atoms with Crippen LogP contribution in [0.5, 0.6) is 0 Å². The van der Waals surface area contributed by atoms with E-state index in [1.165, 1.54) is 11.3 Å². The molecule has 25 heavy (non-hydrogen) atoms. The molecule has 140 valence electrons. The fraction of sp³-hybridized carbons (Fsp3) is 0.556. The molecule has 6 nitrogen and oxygen atoms in total. The number of amides is 1. The lowest BCUT2D eigenvalue weighted by Crippen LogP contribution is -2.46. The molecule has 1 amide bonds. The van der Waals surface area contributed by atoms with Crippen molar-refractivity contribution >= 4 is 41.5 Å². The van der Waals surface area contributed by atoms with E-state index in [1.54, 1.807) is 7.05 Å². The van der Waals surface area contributed by atoms with Crippen LogP contribution in [-0.4, -0.2) is 51.0 Å². The molecule has 0 spiro atoms. The highest BCUT2D eigenvalue weighted by molar-refractivity contribution is 14.0. The Labute approximate surface area is 167 Å². The zero-order chi connectivity index (χ0) is 17.5. The predicted molar refractivity (Wildman–Crippen MR) is 114 cm³/mol. The van der Waals surface area contributed by atoms with Crippen LogP contribution in [0.3, 0.4) is 0 Å². The minimum absolute atomic E-state index is 0. The third-order valence-corrected chi connectivity index (χ3v) is 4.42. The van der Waals surface area contributed by atoms with Crippen molar-refractivity contribution in [3.05, 3.63) is 29.8 Å². The van der Waals surface area contributed by atoms with Gasteiger partial charge in [-0.05, 0) is 36.5 Å². The number of carbonyl (C=O) groups excluding carboxylic acids is 1. The van der Waals surface area contributed by atoms with Crippen molar-refractivity contribution in [3.63, 3.8) is 0 Å². The highest BCUT2D eigenvalue weighted by Gasteiger charge is 2.23. The Morgan fingerprint density at radius 3 is 2.60 bits per heavy atom. The lowest BCUT2D eigenvalue weighted by molar-refractivity contribution is -0.119. The van der Waals surface area contributed by atoms with E-state index in [-0.39, 0.29) is 29.9 Å². The van der Waals surface area contributed by atoms with Crippen molar-refractivity contribution in [2.24, 2.45) is 16.6 Å². The van der Waals surface area contributed by atoms with E-state index in [0.29, 0.717) is 12.3 Å². The van der Waals surface area contributed by atoms with Crippen molar-refractivity contribution in [2.75, 3.05) is 39.1 Å². The molecule has 1 unspecified atom stereocenters. The number of nitrogens with zero attached hydrogens (tertiary/aromatic N) is 3. The van der Waals surface area contributed by atoms with E-state index in [2.05, 4.69) is 44.4 Å². The van der Waals surface area contributed by atoms with E-state index in [9.17, 15) is 4.79 Å². The molecule has 1 heterocycles. The van der Waals surface area contributed by atoms with Gasteiger partial charge in [0.15, 0.2) is 5.96 Å². The fourth-order valence-corrected chi connectivity index (χ4v) is 3.13. The largest absolute Gasteiger partial charge is 0.378 e. The summed E-state index contributed by atoms with van der Waals surface area (Å²) in [7, 11) is 5.87. The monoisotopic (exact) mass is 459 g/mol. The Hall–Kier alpha value is -1.51. The first-order chi connectivity index (χ1) is 11.5. The van der Waals surface area contributed by atoms with Crippen LogP contribution in [0.1, 0.15) is 24.8 Å². The number of hydrogen-bond acceptors (Lipinski definition) is 3. The SMILES string of the molecule is CN=C(NCc1ccc(N(C)C)cc1)N1CCCC(CC(N)=O)C1.I. The van der Waals surface area contributed by atoms with Gasteiger partial charge in [-0.2, -0.15) is 0 Å². The second kappa shape index (κ2) is 10.5. The fourth-order valence-electron chi connectivity index (χ4n) is 3.13. The van der Waals surface area contributed by atoms with Gasteiger partial charge in [-0.25, -0.2) is 0 Å². The number of primary amides is 1. The molecule has 1 aromatic rings. The van der Waals surface area contributed by atoms with Gasteiger partial charge in [0.05, 0.1) is 0 Å². The van der Waals surface area contributed by atoms with Crippen molar-refractivity contribution in [2.45, 2.75) is 25.8 Å². The average Bonchev–Trinajstić information content (AvgIpc) is 2.55. The van der Waals surface area contributed by atoms with Gasteiger partial charge < -0.3 is 20.9 Å². The number of aliphatic imine (C=N–C) groups is 1. The first kappa shape index (κ1) is 21.5. The van der Waals surface area contributed by atoms with E-state index in [1.807, 2.05) is 14.1 Å². The molecule has 1 atom stereocenters. The van der Waals surface area contributed by atoms with Crippen LogP contribution in [0.25, 0.3) is 0 Å². The number of benzene rings is 1. The molecule has 1 aliphatic heterocycles. The number of rotatable bonds is 5. The molecular weight excluding hydrogens is 429 g/mol. The normalized spacial score (nSPS) is 17.6. The molecule has 2 rings (SSSR count).